The van der Waals surface area contributed by atoms with E-state index in [4.69, 9.17) is 8.91 Å². The van der Waals surface area contributed by atoms with E-state index in [1.807, 2.05) is 0 Å². The topological polar surface area (TPSA) is 80.4 Å². The third-order valence-corrected chi connectivity index (χ3v) is 0.175. The summed E-state index contributed by atoms with van der Waals surface area (Å²) in [5.74, 6) is -0.968. The molecule has 8 heavy (non-hydrogen) atoms. The van der Waals surface area contributed by atoms with E-state index in [9.17, 15) is 4.79 Å². The van der Waals surface area contributed by atoms with Crippen molar-refractivity contribution in [1.29, 1.82) is 0 Å². The van der Waals surface area contributed by atoms with Crippen LogP contribution in [0.1, 0.15) is 0 Å². The Morgan fingerprint density at radius 2 is 1.75 bits per heavy atom. The minimum absolute atomic E-state index is 0. The third kappa shape index (κ3) is 30.3. The first kappa shape index (κ1) is 15.9. The first-order chi connectivity index (χ1) is 3.27. The van der Waals surface area contributed by atoms with Gasteiger partial charge in [-0.05, 0) is 0 Å². The van der Waals surface area contributed by atoms with Gasteiger partial charge in [0.25, 0.3) is 0 Å². The van der Waals surface area contributed by atoms with Gasteiger partial charge in [0, 0.05) is 26.2 Å². The van der Waals surface area contributed by atoms with E-state index in [2.05, 4.69) is 5.73 Å². The Morgan fingerprint density at radius 3 is 1.75 bits per heavy atom. The number of rotatable bonds is 1. The molecule has 0 saturated heterocycles. The van der Waals surface area contributed by atoms with Gasteiger partial charge in [-0.1, -0.05) is 0 Å². The summed E-state index contributed by atoms with van der Waals surface area (Å²) in [6.07, 6.45) is 0. The molecular formula is C2H6AlNO3Zr. The summed E-state index contributed by atoms with van der Waals surface area (Å²) < 4.78 is 8.28. The third-order valence-electron chi connectivity index (χ3n) is 0.175. The molecule has 0 spiro atoms. The van der Waals surface area contributed by atoms with Gasteiger partial charge in [0.05, 0.1) is 6.54 Å². The van der Waals surface area contributed by atoms with Gasteiger partial charge in [0.15, 0.2) is 0 Å². The van der Waals surface area contributed by atoms with E-state index in [1.54, 1.807) is 0 Å². The molecule has 6 heteroatoms. The molecule has 0 saturated carbocycles. The number of carbonyl (C=O) groups is 1. The minimum Gasteiger partial charge on any atom is 0 e. The van der Waals surface area contributed by atoms with Crippen molar-refractivity contribution in [2.24, 2.45) is 5.73 Å². The number of nitrogens with two attached hydrogens (primary N) is 1. The van der Waals surface area contributed by atoms with Gasteiger partial charge in [-0.25, -0.2) is 0 Å². The smallest absolute Gasteiger partial charge is 0 e. The Hall–Kier alpha value is 0.646. The molecule has 0 atom stereocenters. The normalized spacial score (nSPS) is 5.00. The molecule has 0 rings (SSSR count). The van der Waals surface area contributed by atoms with Crippen molar-refractivity contribution in [3.05, 3.63) is 0 Å². The Kier molecular flexibility index (Phi) is 31.0. The molecule has 3 N–H and O–H groups in total. The molecule has 0 aliphatic carbocycles. The first-order valence-corrected chi connectivity index (χ1v) is 2.06. The maximum Gasteiger partial charge on any atom is 0 e. The molecule has 0 aromatic heterocycles. The molecule has 44 valence electrons. The fraction of sp³-hybridized carbons (Fsp3) is 0.500. The van der Waals surface area contributed by atoms with E-state index >= 15 is 0 Å². The van der Waals surface area contributed by atoms with Crippen LogP contribution in [-0.2, 0) is 34.8 Å². The molecule has 0 aromatic rings. The summed E-state index contributed by atoms with van der Waals surface area (Å²) in [6, 6.07) is 0. The Bertz CT molecular complexity index is 61.2. The number of carboxylic acid groups (broad SMARTS) is 1. The average molecular weight is 210 g/mol. The summed E-state index contributed by atoms with van der Waals surface area (Å²) in [5.41, 5.74) is 4.57. The Labute approximate surface area is 74.2 Å². The molecule has 0 amide bonds. The molecule has 0 aliphatic heterocycles. The number of aliphatic carboxylic acids is 1. The quantitative estimate of drug-likeness (QED) is 0.503. The van der Waals surface area contributed by atoms with E-state index < -0.39 is 5.97 Å². The van der Waals surface area contributed by atoms with Crippen LogP contribution in [0.25, 0.3) is 0 Å². The number of hydrogen-bond acceptors (Lipinski definition) is 3. The van der Waals surface area contributed by atoms with Crippen LogP contribution in [-0.4, -0.2) is 33.8 Å². The fourth-order valence-electron chi connectivity index (χ4n) is 0. The van der Waals surface area contributed by atoms with Crippen LogP contribution in [0.15, 0.2) is 0 Å². The van der Waals surface area contributed by atoms with Crippen LogP contribution < -0.4 is 5.73 Å². The Morgan fingerprint density at radius 1 is 1.62 bits per heavy atom. The number of carboxylic acids is 1. The van der Waals surface area contributed by atoms with E-state index in [0.29, 0.717) is 16.2 Å². The molecule has 0 bridgehead atoms. The molecule has 0 heterocycles. The minimum atomic E-state index is -0.968. The second kappa shape index (κ2) is 15.6. The zero-order valence-corrected chi connectivity index (χ0v) is 8.13. The maximum absolute atomic E-state index is 9.24. The van der Waals surface area contributed by atoms with Gasteiger partial charge in [0.1, 0.15) is 0 Å². The second-order valence-electron chi connectivity index (χ2n) is 0.598. The predicted molar refractivity (Wildman–Crippen MR) is 24.5 cm³/mol. The zero-order valence-electron chi connectivity index (χ0n) is 4.26. The van der Waals surface area contributed by atoms with Gasteiger partial charge < -0.3 is 10.8 Å². The monoisotopic (exact) mass is 209 g/mol. The maximum atomic E-state index is 9.24. The molecule has 0 radical (unpaired) electrons. The largest absolute Gasteiger partial charge is 0 e. The van der Waals surface area contributed by atoms with Crippen molar-refractivity contribution < 1.29 is 39.9 Å². The van der Waals surface area contributed by atoms with Gasteiger partial charge in [-0.2, -0.15) is 0 Å². The Balaban J connectivity index is -0.0000000750. The van der Waals surface area contributed by atoms with Crippen LogP contribution in [0, 0.1) is 0 Å². The summed E-state index contributed by atoms with van der Waals surface area (Å²) >= 11 is 0.611. The SMILES string of the molecule is NCC(=O)O.[O]=[AlH].[Zr]. The van der Waals surface area contributed by atoms with E-state index in [1.165, 1.54) is 0 Å². The molecule has 0 unspecified atom stereocenters. The predicted octanol–water partition coefficient (Wildman–Crippen LogP) is -1.74. The molecule has 0 fully saturated rings. The average Bonchev–Trinajstić information content (AvgIpc) is 1.73. The van der Waals surface area contributed by atoms with Gasteiger partial charge in [-0.3, -0.25) is 4.79 Å². The first-order valence-electron chi connectivity index (χ1n) is 1.48. The van der Waals surface area contributed by atoms with Crippen molar-refractivity contribution in [1.82, 2.24) is 0 Å². The molecule has 0 aliphatic rings. The van der Waals surface area contributed by atoms with Gasteiger partial charge in [-0.15, -0.1) is 0 Å². The summed E-state index contributed by atoms with van der Waals surface area (Å²) in [5, 5.41) is 7.60. The fourth-order valence-corrected chi connectivity index (χ4v) is 0. The van der Waals surface area contributed by atoms with Gasteiger partial charge >= 0.3 is 26.0 Å². The van der Waals surface area contributed by atoms with Crippen molar-refractivity contribution in [2.75, 3.05) is 6.54 Å². The number of hydrogen-bond donors (Lipinski definition) is 2. The van der Waals surface area contributed by atoms with Crippen molar-refractivity contribution in [2.45, 2.75) is 0 Å². The molecular weight excluding hydrogens is 204 g/mol. The molecule has 0 aromatic carbocycles. The molecule has 4 nitrogen and oxygen atoms in total. The van der Waals surface area contributed by atoms with Crippen molar-refractivity contribution in [3.63, 3.8) is 0 Å². The summed E-state index contributed by atoms with van der Waals surface area (Å²) in [4.78, 5) is 9.24. The zero-order chi connectivity index (χ0) is 6.28. The summed E-state index contributed by atoms with van der Waals surface area (Å²) in [7, 11) is 0. The van der Waals surface area contributed by atoms with Gasteiger partial charge in [0.2, 0.25) is 0 Å². The van der Waals surface area contributed by atoms with E-state index in [-0.39, 0.29) is 32.7 Å². The second-order valence-corrected chi connectivity index (χ2v) is 0.598. The van der Waals surface area contributed by atoms with Crippen LogP contribution in [0.2, 0.25) is 0 Å². The van der Waals surface area contributed by atoms with E-state index in [0.717, 1.165) is 0 Å². The van der Waals surface area contributed by atoms with Crippen LogP contribution in [0.5, 0.6) is 0 Å². The van der Waals surface area contributed by atoms with Crippen LogP contribution >= 0.6 is 0 Å². The summed E-state index contributed by atoms with van der Waals surface area (Å²) in [6.45, 7) is -0.278. The van der Waals surface area contributed by atoms with Crippen LogP contribution in [0.3, 0.4) is 0 Å². The van der Waals surface area contributed by atoms with Crippen molar-refractivity contribution in [3.8, 4) is 0 Å². The van der Waals surface area contributed by atoms with Crippen molar-refractivity contribution >= 4 is 22.2 Å². The van der Waals surface area contributed by atoms with Crippen LogP contribution in [0.4, 0.5) is 0 Å². The standard InChI is InChI=1S/C2H5NO2.Al.O.Zr.H/c3-1-2(4)5;;;;/h1,3H2,(H,4,5);;;;.